The van der Waals surface area contributed by atoms with Crippen molar-refractivity contribution in [3.05, 3.63) is 12.7 Å². The first-order valence-corrected chi connectivity index (χ1v) is 8.43. The van der Waals surface area contributed by atoms with Gasteiger partial charge in [-0.3, -0.25) is 4.55 Å². The first-order chi connectivity index (χ1) is 4.79. The molecule has 1 N–H and O–H groups in total. The van der Waals surface area contributed by atoms with E-state index in [0.717, 1.165) is 6.08 Å². The maximum atomic E-state index is 9.72. The summed E-state index contributed by atoms with van der Waals surface area (Å²) < 4.78 is 27.3. The van der Waals surface area contributed by atoms with E-state index in [1.165, 1.54) is 0 Å². The summed E-state index contributed by atoms with van der Waals surface area (Å²) in [5.74, 6) is -0.368. The number of hydrogen-bond acceptors (Lipinski definition) is 2. The molecule has 0 rings (SSSR count). The fourth-order valence-electron chi connectivity index (χ4n) is 0.149. The van der Waals surface area contributed by atoms with Gasteiger partial charge in [0.05, 0.1) is 5.75 Å². The van der Waals surface area contributed by atoms with Gasteiger partial charge in [0.15, 0.2) is 0 Å². The van der Waals surface area contributed by atoms with Crippen LogP contribution >= 0.6 is 0 Å². The van der Waals surface area contributed by atoms with Crippen molar-refractivity contribution in [1.29, 1.82) is 0 Å². The maximum Gasteiger partial charge on any atom is 0.268 e. The Kier molecular flexibility index (Phi) is 8.04. The van der Waals surface area contributed by atoms with Crippen LogP contribution in [0.1, 0.15) is 0 Å². The molecule has 0 aliphatic rings. The molecule has 0 aromatic carbocycles. The molecule has 0 bridgehead atoms. The Morgan fingerprint density at radius 1 is 1.45 bits per heavy atom. The van der Waals surface area contributed by atoms with E-state index < -0.39 is 10.1 Å². The molecular formula is C6H16O3SSi. The topological polar surface area (TPSA) is 54.4 Å². The Bertz CT molecular complexity index is 181. The van der Waals surface area contributed by atoms with Crippen molar-refractivity contribution >= 4 is 18.9 Å². The van der Waals surface area contributed by atoms with E-state index in [1.807, 2.05) is 0 Å². The highest BCUT2D eigenvalue weighted by atomic mass is 32.2. The highest BCUT2D eigenvalue weighted by Gasteiger charge is 1.95. The van der Waals surface area contributed by atoms with Crippen LogP contribution in [0.2, 0.25) is 19.6 Å². The average Bonchev–Trinajstić information content (AvgIpc) is 1.58. The van der Waals surface area contributed by atoms with E-state index in [1.54, 1.807) is 0 Å². The van der Waals surface area contributed by atoms with Crippen molar-refractivity contribution < 1.29 is 13.0 Å². The van der Waals surface area contributed by atoms with E-state index in [9.17, 15) is 8.42 Å². The van der Waals surface area contributed by atoms with Gasteiger partial charge >= 0.3 is 0 Å². The molecule has 0 fully saturated rings. The lowest BCUT2D eigenvalue weighted by Gasteiger charge is -1.82. The summed E-state index contributed by atoms with van der Waals surface area (Å²) in [6, 6.07) is 0. The zero-order chi connectivity index (χ0) is 9.49. The molecule has 5 heteroatoms. The SMILES string of the molecule is C=CCS(=O)(=O)O.C[SiH](C)C. The molecule has 0 aliphatic heterocycles. The van der Waals surface area contributed by atoms with Gasteiger partial charge in [0.2, 0.25) is 0 Å². The molecule has 0 amide bonds. The van der Waals surface area contributed by atoms with Crippen LogP contribution in [0.3, 0.4) is 0 Å². The first kappa shape index (κ1) is 13.5. The van der Waals surface area contributed by atoms with E-state index in [-0.39, 0.29) is 14.5 Å². The molecule has 0 aromatic heterocycles. The lowest BCUT2D eigenvalue weighted by molar-refractivity contribution is 0.487. The van der Waals surface area contributed by atoms with Gasteiger partial charge in [-0.1, -0.05) is 25.7 Å². The van der Waals surface area contributed by atoms with Crippen molar-refractivity contribution in [3.8, 4) is 0 Å². The van der Waals surface area contributed by atoms with Crippen LogP contribution in [0.4, 0.5) is 0 Å². The third kappa shape index (κ3) is 40.8. The van der Waals surface area contributed by atoms with Gasteiger partial charge < -0.3 is 0 Å². The predicted octanol–water partition coefficient (Wildman–Crippen LogP) is 1.16. The lowest BCUT2D eigenvalue weighted by Crippen LogP contribution is -1.99. The Labute approximate surface area is 70.5 Å². The van der Waals surface area contributed by atoms with Gasteiger partial charge in [-0.25, -0.2) is 0 Å². The van der Waals surface area contributed by atoms with Crippen molar-refractivity contribution in [2.24, 2.45) is 0 Å². The Balaban J connectivity index is 0. The highest BCUT2D eigenvalue weighted by Crippen LogP contribution is 1.78. The molecule has 3 nitrogen and oxygen atoms in total. The summed E-state index contributed by atoms with van der Waals surface area (Å²) >= 11 is 0. The Morgan fingerprint density at radius 2 is 1.73 bits per heavy atom. The van der Waals surface area contributed by atoms with E-state index in [4.69, 9.17) is 4.55 Å². The lowest BCUT2D eigenvalue weighted by atomic mass is 10.8. The van der Waals surface area contributed by atoms with Gasteiger partial charge in [0, 0.05) is 8.80 Å². The number of hydrogen-bond donors (Lipinski definition) is 1. The first-order valence-electron chi connectivity index (χ1n) is 3.35. The summed E-state index contributed by atoms with van der Waals surface area (Å²) in [7, 11) is -3.93. The molecule has 0 heterocycles. The highest BCUT2D eigenvalue weighted by molar-refractivity contribution is 7.85. The smallest absolute Gasteiger partial charge is 0.268 e. The largest absolute Gasteiger partial charge is 0.285 e. The average molecular weight is 196 g/mol. The third-order valence-corrected chi connectivity index (χ3v) is 0.985. The zero-order valence-electron chi connectivity index (χ0n) is 7.24. The van der Waals surface area contributed by atoms with Crippen LogP contribution in [0, 0.1) is 0 Å². The van der Waals surface area contributed by atoms with Crippen LogP contribution in [-0.2, 0) is 10.1 Å². The van der Waals surface area contributed by atoms with E-state index in [2.05, 4.69) is 26.2 Å². The Morgan fingerprint density at radius 3 is 1.73 bits per heavy atom. The minimum absolute atomic E-state index is 0.139. The normalized spacial score (nSPS) is 10.3. The summed E-state index contributed by atoms with van der Waals surface area (Å²) in [6.07, 6.45) is 1.12. The predicted molar refractivity (Wildman–Crippen MR) is 51.4 cm³/mol. The van der Waals surface area contributed by atoms with Crippen molar-refractivity contribution in [3.63, 3.8) is 0 Å². The second-order valence-electron chi connectivity index (χ2n) is 2.77. The van der Waals surface area contributed by atoms with Gasteiger partial charge in [-0.05, 0) is 0 Å². The molecule has 0 saturated heterocycles. The Hall–Kier alpha value is -0.133. The summed E-state index contributed by atoms with van der Waals surface area (Å²) in [4.78, 5) is 0. The van der Waals surface area contributed by atoms with Gasteiger partial charge in [0.1, 0.15) is 0 Å². The second-order valence-corrected chi connectivity index (χ2v) is 7.73. The standard InChI is InChI=1S/C3H6O3S.C3H10Si/c1-2-3-7(4,5)6;1-4(2)3/h2H,1,3H2,(H,4,5,6);4H,1-3H3. The molecule has 0 atom stereocenters. The molecular weight excluding hydrogens is 180 g/mol. The second kappa shape index (κ2) is 6.57. The maximum absolute atomic E-state index is 9.72. The van der Waals surface area contributed by atoms with Crippen LogP contribution in [0.25, 0.3) is 0 Å². The van der Waals surface area contributed by atoms with Crippen LogP contribution in [0.5, 0.6) is 0 Å². The van der Waals surface area contributed by atoms with Gasteiger partial charge in [-0.2, -0.15) is 8.42 Å². The fraction of sp³-hybridized carbons (Fsp3) is 0.667. The van der Waals surface area contributed by atoms with Crippen LogP contribution in [0.15, 0.2) is 12.7 Å². The molecule has 0 spiro atoms. The fourth-order valence-corrected chi connectivity index (χ4v) is 0.447. The molecule has 0 aliphatic carbocycles. The van der Waals surface area contributed by atoms with E-state index in [0.29, 0.717) is 0 Å². The molecule has 0 radical (unpaired) electrons. The minimum atomic E-state index is -3.79. The third-order valence-electron chi connectivity index (χ3n) is 0.328. The number of rotatable bonds is 2. The molecule has 0 unspecified atom stereocenters. The minimum Gasteiger partial charge on any atom is -0.285 e. The molecule has 11 heavy (non-hydrogen) atoms. The van der Waals surface area contributed by atoms with Crippen LogP contribution in [-0.4, -0.2) is 27.5 Å². The quantitative estimate of drug-likeness (QED) is 0.410. The van der Waals surface area contributed by atoms with Crippen molar-refractivity contribution in [2.45, 2.75) is 19.6 Å². The van der Waals surface area contributed by atoms with E-state index >= 15 is 0 Å². The zero-order valence-corrected chi connectivity index (χ0v) is 9.21. The summed E-state index contributed by atoms with van der Waals surface area (Å²) in [6.45, 7) is 10.0. The monoisotopic (exact) mass is 196 g/mol. The van der Waals surface area contributed by atoms with Crippen molar-refractivity contribution in [2.75, 3.05) is 5.75 Å². The summed E-state index contributed by atoms with van der Waals surface area (Å²) in [5.41, 5.74) is 0. The van der Waals surface area contributed by atoms with Gasteiger partial charge in [-0.15, -0.1) is 6.58 Å². The van der Waals surface area contributed by atoms with Crippen LogP contribution < -0.4 is 0 Å². The molecule has 0 aromatic rings. The molecule has 0 saturated carbocycles. The van der Waals surface area contributed by atoms with Crippen molar-refractivity contribution in [1.82, 2.24) is 0 Å². The van der Waals surface area contributed by atoms with Gasteiger partial charge in [0.25, 0.3) is 10.1 Å². The summed E-state index contributed by atoms with van der Waals surface area (Å²) in [5, 5.41) is 0. The molecule has 68 valence electrons.